The molecule has 0 aromatic heterocycles. The Hall–Kier alpha value is -3.95. The number of hydrogen-bond donors (Lipinski definition) is 1. The Balaban J connectivity index is 1.22. The smallest absolute Gasteiger partial charge is 0.262 e. The van der Waals surface area contributed by atoms with E-state index in [9.17, 15) is 32.8 Å². The van der Waals surface area contributed by atoms with E-state index in [0.29, 0.717) is 37.9 Å². The lowest BCUT2D eigenvalue weighted by atomic mass is 9.88. The van der Waals surface area contributed by atoms with Crippen LogP contribution in [0.15, 0.2) is 36.4 Å². The maximum absolute atomic E-state index is 13.5. The predicted molar refractivity (Wildman–Crippen MR) is 126 cm³/mol. The Morgan fingerprint density at radius 3 is 2.32 bits per heavy atom. The van der Waals surface area contributed by atoms with E-state index in [4.69, 9.17) is 0 Å². The van der Waals surface area contributed by atoms with Crippen LogP contribution in [0.25, 0.3) is 0 Å². The molecule has 1 atom stereocenters. The molecule has 0 bridgehead atoms. The third-order valence-corrected chi connectivity index (χ3v) is 7.39. The van der Waals surface area contributed by atoms with Crippen molar-refractivity contribution in [1.82, 2.24) is 15.1 Å². The summed E-state index contributed by atoms with van der Waals surface area (Å²) in [5.74, 6) is -3.84. The highest BCUT2D eigenvalue weighted by atomic mass is 19.1. The number of benzene rings is 2. The molecule has 0 saturated carbocycles. The number of rotatable bonds is 5. The van der Waals surface area contributed by atoms with Crippen molar-refractivity contribution in [2.24, 2.45) is 5.92 Å². The zero-order valence-electron chi connectivity index (χ0n) is 20.0. The molecule has 5 amide bonds. The minimum atomic E-state index is -1.01. The predicted octanol–water partition coefficient (Wildman–Crippen LogP) is 2.85. The number of amides is 5. The molecule has 0 radical (unpaired) electrons. The molecular formula is C27H25F2N3O5. The Morgan fingerprint density at radius 1 is 0.946 bits per heavy atom. The van der Waals surface area contributed by atoms with E-state index >= 15 is 0 Å². The van der Waals surface area contributed by atoms with Crippen LogP contribution in [0, 0.1) is 17.6 Å². The minimum absolute atomic E-state index is 0.0143. The second kappa shape index (κ2) is 9.84. The van der Waals surface area contributed by atoms with Crippen molar-refractivity contribution in [2.75, 3.05) is 13.1 Å². The summed E-state index contributed by atoms with van der Waals surface area (Å²) in [6, 6.07) is 6.87. The number of likely N-dealkylation sites (tertiary alicyclic amines) is 1. The highest BCUT2D eigenvalue weighted by Gasteiger charge is 2.45. The first-order valence-electron chi connectivity index (χ1n) is 12.3. The Morgan fingerprint density at radius 2 is 1.65 bits per heavy atom. The van der Waals surface area contributed by atoms with Crippen LogP contribution in [-0.2, 0) is 16.0 Å². The van der Waals surface area contributed by atoms with E-state index in [1.54, 1.807) is 23.1 Å². The minimum Gasteiger partial charge on any atom is -0.339 e. The third-order valence-electron chi connectivity index (χ3n) is 7.39. The number of nitrogens with zero attached hydrogens (tertiary/aromatic N) is 2. The Kier molecular flexibility index (Phi) is 6.57. The maximum Gasteiger partial charge on any atom is 0.262 e. The topological polar surface area (TPSA) is 104 Å². The van der Waals surface area contributed by atoms with E-state index in [1.165, 1.54) is 0 Å². The highest BCUT2D eigenvalue weighted by molar-refractivity contribution is 6.24. The second-order valence-corrected chi connectivity index (χ2v) is 9.72. The lowest BCUT2D eigenvalue weighted by Crippen LogP contribution is -2.54. The van der Waals surface area contributed by atoms with Crippen molar-refractivity contribution in [1.29, 1.82) is 0 Å². The van der Waals surface area contributed by atoms with E-state index in [1.807, 2.05) is 0 Å². The molecule has 3 heterocycles. The van der Waals surface area contributed by atoms with Gasteiger partial charge in [0.2, 0.25) is 11.8 Å². The number of imide groups is 2. The van der Waals surface area contributed by atoms with Crippen molar-refractivity contribution < 1.29 is 32.8 Å². The van der Waals surface area contributed by atoms with Gasteiger partial charge in [0.1, 0.15) is 17.7 Å². The zero-order chi connectivity index (χ0) is 26.3. The second-order valence-electron chi connectivity index (χ2n) is 9.72. The molecule has 192 valence electrons. The molecule has 1 N–H and O–H groups in total. The van der Waals surface area contributed by atoms with E-state index in [2.05, 4.69) is 5.32 Å². The summed E-state index contributed by atoms with van der Waals surface area (Å²) in [6.07, 6.45) is 2.84. The van der Waals surface area contributed by atoms with Crippen molar-refractivity contribution in [3.63, 3.8) is 0 Å². The van der Waals surface area contributed by atoms with E-state index < -0.39 is 47.2 Å². The van der Waals surface area contributed by atoms with Crippen LogP contribution in [0.5, 0.6) is 0 Å². The van der Waals surface area contributed by atoms with Gasteiger partial charge in [-0.05, 0) is 61.8 Å². The van der Waals surface area contributed by atoms with Gasteiger partial charge in [-0.25, -0.2) is 8.78 Å². The molecule has 1 unspecified atom stereocenters. The molecule has 10 heteroatoms. The van der Waals surface area contributed by atoms with Gasteiger partial charge in [-0.3, -0.25) is 34.2 Å². The number of fused-ring (bicyclic) bond motifs is 1. The molecule has 8 nitrogen and oxygen atoms in total. The summed E-state index contributed by atoms with van der Waals surface area (Å²) >= 11 is 0. The van der Waals surface area contributed by atoms with Crippen molar-refractivity contribution in [2.45, 2.75) is 44.6 Å². The molecule has 3 aliphatic rings. The number of halogens is 2. The fraction of sp³-hybridized carbons (Fsp3) is 0.370. The molecule has 2 saturated heterocycles. The monoisotopic (exact) mass is 509 g/mol. The molecule has 2 aromatic carbocycles. The molecule has 5 rings (SSSR count). The normalized spacial score (nSPS) is 20.3. The van der Waals surface area contributed by atoms with Gasteiger partial charge >= 0.3 is 0 Å². The number of hydrogen-bond acceptors (Lipinski definition) is 5. The van der Waals surface area contributed by atoms with Gasteiger partial charge in [0.05, 0.1) is 11.1 Å². The number of carbonyl (C=O) groups excluding carboxylic acids is 5. The largest absolute Gasteiger partial charge is 0.339 e. The number of carbonyl (C=O) groups is 5. The molecule has 0 spiro atoms. The molecule has 2 aromatic rings. The first kappa shape index (κ1) is 24.7. The Bertz CT molecular complexity index is 1300. The summed E-state index contributed by atoms with van der Waals surface area (Å²) in [4.78, 5) is 65.3. The molecule has 0 aliphatic carbocycles. The van der Waals surface area contributed by atoms with Crippen LogP contribution < -0.4 is 5.32 Å². The van der Waals surface area contributed by atoms with Crippen LogP contribution in [0.3, 0.4) is 0 Å². The highest BCUT2D eigenvalue weighted by Crippen LogP contribution is 2.32. The third kappa shape index (κ3) is 4.75. The van der Waals surface area contributed by atoms with Gasteiger partial charge < -0.3 is 4.90 Å². The van der Waals surface area contributed by atoms with Crippen LogP contribution >= 0.6 is 0 Å². The van der Waals surface area contributed by atoms with Gasteiger partial charge in [-0.1, -0.05) is 12.1 Å². The standard InChI is InChI=1S/C27H25F2N3O5/c28-18-12-17(13-19(29)14-18)25(35)31-10-8-15(9-11-31)4-5-16-2-1-3-20-23(16)27(37)32(26(20)36)21-6-7-22(33)30-24(21)34/h1-3,12-15,21H,4-11H2,(H,30,33,34). The summed E-state index contributed by atoms with van der Waals surface area (Å²) in [5, 5.41) is 2.20. The molecule has 3 aliphatic heterocycles. The average molecular weight is 510 g/mol. The van der Waals surface area contributed by atoms with Gasteiger partial charge in [-0.15, -0.1) is 0 Å². The fourth-order valence-corrected chi connectivity index (χ4v) is 5.44. The quantitative estimate of drug-likeness (QED) is 0.625. The number of aryl methyl sites for hydroxylation is 1. The van der Waals surface area contributed by atoms with Crippen LogP contribution in [0.4, 0.5) is 8.78 Å². The molecule has 2 fully saturated rings. The number of piperidine rings is 2. The van der Waals surface area contributed by atoms with Crippen molar-refractivity contribution >= 4 is 29.5 Å². The van der Waals surface area contributed by atoms with E-state index in [0.717, 1.165) is 35.1 Å². The van der Waals surface area contributed by atoms with Crippen LogP contribution in [0.2, 0.25) is 0 Å². The molecule has 37 heavy (non-hydrogen) atoms. The van der Waals surface area contributed by atoms with Crippen molar-refractivity contribution in [3.8, 4) is 0 Å². The maximum atomic E-state index is 13.5. The van der Waals surface area contributed by atoms with Gasteiger partial charge in [0, 0.05) is 31.1 Å². The summed E-state index contributed by atoms with van der Waals surface area (Å²) in [6.45, 7) is 0.907. The summed E-state index contributed by atoms with van der Waals surface area (Å²) in [5.41, 5.74) is 1.27. The lowest BCUT2D eigenvalue weighted by Gasteiger charge is -2.32. The van der Waals surface area contributed by atoms with Gasteiger partial charge in [0.25, 0.3) is 17.7 Å². The average Bonchev–Trinajstić information content (AvgIpc) is 3.12. The SMILES string of the molecule is O=C1CCC(N2C(=O)c3cccc(CCC4CCN(C(=O)c5cc(F)cc(F)c5)CC4)c3C2=O)C(=O)N1. The number of nitrogens with one attached hydrogen (secondary N) is 1. The summed E-state index contributed by atoms with van der Waals surface area (Å²) < 4.78 is 27.0. The lowest BCUT2D eigenvalue weighted by molar-refractivity contribution is -0.136. The summed E-state index contributed by atoms with van der Waals surface area (Å²) in [7, 11) is 0. The van der Waals surface area contributed by atoms with Crippen LogP contribution in [0.1, 0.15) is 68.7 Å². The van der Waals surface area contributed by atoms with Gasteiger partial charge in [-0.2, -0.15) is 0 Å². The van der Waals surface area contributed by atoms with Gasteiger partial charge in [0.15, 0.2) is 0 Å². The van der Waals surface area contributed by atoms with E-state index in [-0.39, 0.29) is 29.9 Å². The first-order chi connectivity index (χ1) is 17.7. The fourth-order valence-electron chi connectivity index (χ4n) is 5.44. The van der Waals surface area contributed by atoms with Crippen molar-refractivity contribution in [3.05, 3.63) is 70.3 Å². The molecular weight excluding hydrogens is 484 g/mol. The first-order valence-corrected chi connectivity index (χ1v) is 12.3. The Labute approximate surface area is 211 Å². The zero-order valence-corrected chi connectivity index (χ0v) is 20.0. The van der Waals surface area contributed by atoms with Crippen LogP contribution in [-0.4, -0.2) is 58.5 Å².